The van der Waals surface area contributed by atoms with Crippen molar-refractivity contribution in [3.8, 4) is 11.7 Å². The number of ether oxygens (including phenoxy) is 1. The Morgan fingerprint density at radius 2 is 2.22 bits per heavy atom. The minimum Gasteiger partial charge on any atom is -0.460 e. The Kier molecular flexibility index (Phi) is 3.45. The highest BCUT2D eigenvalue weighted by Gasteiger charge is 2.22. The van der Waals surface area contributed by atoms with Gasteiger partial charge in [-0.2, -0.15) is 0 Å². The van der Waals surface area contributed by atoms with Gasteiger partial charge in [-0.25, -0.2) is 9.78 Å². The van der Waals surface area contributed by atoms with E-state index in [-0.39, 0.29) is 11.7 Å². The molecule has 6 nitrogen and oxygen atoms in total. The van der Waals surface area contributed by atoms with Crippen molar-refractivity contribution in [2.24, 2.45) is 0 Å². The van der Waals surface area contributed by atoms with E-state index in [1.54, 1.807) is 19.9 Å². The van der Waals surface area contributed by atoms with E-state index in [1.807, 2.05) is 6.92 Å². The first-order chi connectivity index (χ1) is 8.65. The number of rotatable bonds is 4. The van der Waals surface area contributed by atoms with E-state index in [0.717, 1.165) is 5.69 Å². The van der Waals surface area contributed by atoms with E-state index in [1.165, 1.54) is 0 Å². The predicted octanol–water partition coefficient (Wildman–Crippen LogP) is 2.38. The fraction of sp³-hybridized carbons (Fsp3) is 0.417. The number of aryl methyl sites for hydroxylation is 2. The van der Waals surface area contributed by atoms with Crippen LogP contribution in [0.1, 0.15) is 35.8 Å². The zero-order valence-corrected chi connectivity index (χ0v) is 10.5. The summed E-state index contributed by atoms with van der Waals surface area (Å²) >= 11 is 0. The largest absolute Gasteiger partial charge is 0.460 e. The summed E-state index contributed by atoms with van der Waals surface area (Å²) < 4.78 is 15.4. The van der Waals surface area contributed by atoms with Crippen molar-refractivity contribution in [3.05, 3.63) is 23.2 Å². The van der Waals surface area contributed by atoms with Crippen LogP contribution in [0.3, 0.4) is 0 Å². The summed E-state index contributed by atoms with van der Waals surface area (Å²) in [6, 6.07) is 1.69. The summed E-state index contributed by atoms with van der Waals surface area (Å²) in [5, 5.41) is 3.75. The van der Waals surface area contributed by atoms with E-state index in [4.69, 9.17) is 13.7 Å². The molecule has 0 bridgehead atoms. The number of carbonyl (C=O) groups excluding carboxylic acids is 1. The highest BCUT2D eigenvalue weighted by molar-refractivity contribution is 5.87. The lowest BCUT2D eigenvalue weighted by Gasteiger charge is -1.98. The third kappa shape index (κ3) is 2.27. The molecule has 2 rings (SSSR count). The van der Waals surface area contributed by atoms with Crippen LogP contribution < -0.4 is 0 Å². The number of carbonyl (C=O) groups is 1. The van der Waals surface area contributed by atoms with Gasteiger partial charge in [-0.3, -0.25) is 0 Å². The number of aromatic nitrogens is 2. The minimum atomic E-state index is -0.510. The van der Waals surface area contributed by atoms with Crippen molar-refractivity contribution in [2.45, 2.75) is 27.2 Å². The molecule has 0 fully saturated rings. The maximum Gasteiger partial charge on any atom is 0.376 e. The first-order valence-electron chi connectivity index (χ1n) is 5.76. The average molecular weight is 250 g/mol. The van der Waals surface area contributed by atoms with Gasteiger partial charge in [0.05, 0.1) is 18.0 Å². The lowest BCUT2D eigenvalue weighted by Crippen LogP contribution is -2.05. The summed E-state index contributed by atoms with van der Waals surface area (Å²) in [6.45, 7) is 5.71. The molecule has 18 heavy (non-hydrogen) atoms. The molecule has 96 valence electrons. The predicted molar refractivity (Wildman–Crippen MR) is 62.1 cm³/mol. The number of hydrogen-bond acceptors (Lipinski definition) is 6. The van der Waals surface area contributed by atoms with Crippen LogP contribution in [0, 0.1) is 6.92 Å². The number of esters is 1. The molecule has 0 unspecified atom stereocenters. The second kappa shape index (κ2) is 5.03. The Bertz CT molecular complexity index is 556. The number of nitrogens with zero attached hydrogens (tertiary/aromatic N) is 2. The maximum atomic E-state index is 11.7. The van der Waals surface area contributed by atoms with Crippen molar-refractivity contribution < 1.29 is 18.5 Å². The Morgan fingerprint density at radius 1 is 1.44 bits per heavy atom. The van der Waals surface area contributed by atoms with Gasteiger partial charge >= 0.3 is 5.97 Å². The quantitative estimate of drug-likeness (QED) is 0.775. The summed E-state index contributed by atoms with van der Waals surface area (Å²) in [6.07, 6.45) is 0.574. The molecule has 0 aliphatic heterocycles. The van der Waals surface area contributed by atoms with Crippen LogP contribution in [0.25, 0.3) is 11.7 Å². The molecule has 0 spiro atoms. The van der Waals surface area contributed by atoms with E-state index in [2.05, 4.69) is 10.1 Å². The third-order valence-corrected chi connectivity index (χ3v) is 2.33. The van der Waals surface area contributed by atoms with Gasteiger partial charge in [0, 0.05) is 6.07 Å². The van der Waals surface area contributed by atoms with E-state index in [0.29, 0.717) is 24.5 Å². The molecule has 0 aliphatic carbocycles. The van der Waals surface area contributed by atoms with Crippen molar-refractivity contribution >= 4 is 5.97 Å². The fourth-order valence-electron chi connectivity index (χ4n) is 1.52. The number of hydrogen-bond donors (Lipinski definition) is 0. The average Bonchev–Trinajstić information content (AvgIpc) is 2.94. The summed E-state index contributed by atoms with van der Waals surface area (Å²) in [7, 11) is 0. The van der Waals surface area contributed by atoms with Crippen LogP contribution in [-0.4, -0.2) is 22.7 Å². The molecule has 0 amide bonds. The SMILES string of the molecule is CCOC(=O)c1oc(-c2cc(C)no2)nc1CC. The topological polar surface area (TPSA) is 78.4 Å². The molecule has 0 aromatic carbocycles. The summed E-state index contributed by atoms with van der Waals surface area (Å²) in [5.41, 5.74) is 1.27. The zero-order chi connectivity index (χ0) is 13.1. The van der Waals surface area contributed by atoms with Crippen LogP contribution >= 0.6 is 0 Å². The van der Waals surface area contributed by atoms with E-state index in [9.17, 15) is 4.79 Å². The molecule has 0 atom stereocenters. The normalized spacial score (nSPS) is 10.6. The van der Waals surface area contributed by atoms with Gasteiger partial charge in [-0.05, 0) is 20.3 Å². The van der Waals surface area contributed by atoms with Crippen LogP contribution in [0.2, 0.25) is 0 Å². The minimum absolute atomic E-state index is 0.128. The maximum absolute atomic E-state index is 11.7. The van der Waals surface area contributed by atoms with Crippen LogP contribution in [0.15, 0.2) is 15.0 Å². The lowest BCUT2D eigenvalue weighted by molar-refractivity contribution is 0.0489. The van der Waals surface area contributed by atoms with Gasteiger partial charge in [0.15, 0.2) is 0 Å². The zero-order valence-electron chi connectivity index (χ0n) is 10.5. The van der Waals surface area contributed by atoms with Crippen molar-refractivity contribution in [2.75, 3.05) is 6.61 Å². The van der Waals surface area contributed by atoms with Crippen LogP contribution in [0.4, 0.5) is 0 Å². The van der Waals surface area contributed by atoms with Gasteiger partial charge in [-0.15, -0.1) is 0 Å². The molecule has 0 N–H and O–H groups in total. The molecule has 2 aromatic heterocycles. The molecule has 2 aromatic rings. The first-order valence-corrected chi connectivity index (χ1v) is 5.76. The molecule has 0 saturated carbocycles. The first kappa shape index (κ1) is 12.3. The van der Waals surface area contributed by atoms with Crippen LogP contribution in [-0.2, 0) is 11.2 Å². The highest BCUT2D eigenvalue weighted by Crippen LogP contribution is 2.23. The highest BCUT2D eigenvalue weighted by atomic mass is 16.5. The molecule has 0 saturated heterocycles. The molecule has 0 aliphatic rings. The van der Waals surface area contributed by atoms with Gasteiger partial charge in [0.2, 0.25) is 11.5 Å². The Hall–Kier alpha value is -2.11. The summed E-state index contributed by atoms with van der Waals surface area (Å²) in [5.74, 6) is 0.265. The monoisotopic (exact) mass is 250 g/mol. The van der Waals surface area contributed by atoms with Gasteiger partial charge in [0.1, 0.15) is 0 Å². The van der Waals surface area contributed by atoms with Gasteiger partial charge in [0.25, 0.3) is 5.89 Å². The smallest absolute Gasteiger partial charge is 0.376 e. The van der Waals surface area contributed by atoms with Crippen molar-refractivity contribution in [3.63, 3.8) is 0 Å². The second-order valence-corrected chi connectivity index (χ2v) is 3.70. The van der Waals surface area contributed by atoms with Crippen LogP contribution in [0.5, 0.6) is 0 Å². The molecule has 6 heteroatoms. The second-order valence-electron chi connectivity index (χ2n) is 3.70. The van der Waals surface area contributed by atoms with Gasteiger partial charge < -0.3 is 13.7 Å². The van der Waals surface area contributed by atoms with Crippen molar-refractivity contribution in [1.29, 1.82) is 0 Å². The van der Waals surface area contributed by atoms with E-state index < -0.39 is 5.97 Å². The molecule has 2 heterocycles. The fourth-order valence-corrected chi connectivity index (χ4v) is 1.52. The third-order valence-electron chi connectivity index (χ3n) is 2.33. The van der Waals surface area contributed by atoms with Crippen molar-refractivity contribution in [1.82, 2.24) is 10.1 Å². The number of oxazole rings is 1. The molecule has 0 radical (unpaired) electrons. The lowest BCUT2D eigenvalue weighted by atomic mass is 10.3. The summed E-state index contributed by atoms with van der Waals surface area (Å²) in [4.78, 5) is 15.9. The molecular formula is C12H14N2O4. The van der Waals surface area contributed by atoms with Gasteiger partial charge in [-0.1, -0.05) is 12.1 Å². The Labute approximate surface area is 104 Å². The Morgan fingerprint density at radius 3 is 2.78 bits per heavy atom. The van der Waals surface area contributed by atoms with E-state index >= 15 is 0 Å². The standard InChI is InChI=1S/C12H14N2O4/c1-4-8-10(12(15)16-5-2)17-11(13-8)9-6-7(3)14-18-9/h6H,4-5H2,1-3H3. The Balaban J connectivity index is 2.37. The molecular weight excluding hydrogens is 236 g/mol.